The lowest BCUT2D eigenvalue weighted by atomic mass is 10.4. The van der Waals surface area contributed by atoms with E-state index in [4.69, 9.17) is 0 Å². The van der Waals surface area contributed by atoms with Crippen LogP contribution in [0.15, 0.2) is 0 Å². The van der Waals surface area contributed by atoms with Crippen LogP contribution in [0.3, 0.4) is 0 Å². The van der Waals surface area contributed by atoms with Crippen molar-refractivity contribution in [2.75, 3.05) is 27.7 Å². The SMILES string of the molecule is CN(C)C(=O)CN(C)C(=O)c1nn[nH]n1. The van der Waals surface area contributed by atoms with Crippen LogP contribution in [0.1, 0.15) is 10.6 Å². The van der Waals surface area contributed by atoms with E-state index in [9.17, 15) is 9.59 Å². The van der Waals surface area contributed by atoms with Crippen molar-refractivity contribution in [1.29, 1.82) is 0 Å². The minimum atomic E-state index is -0.445. The van der Waals surface area contributed by atoms with Gasteiger partial charge in [-0.3, -0.25) is 9.59 Å². The van der Waals surface area contributed by atoms with Gasteiger partial charge in [-0.15, -0.1) is 10.2 Å². The van der Waals surface area contributed by atoms with Gasteiger partial charge in [0, 0.05) is 21.1 Å². The topological polar surface area (TPSA) is 95.1 Å². The van der Waals surface area contributed by atoms with Gasteiger partial charge in [-0.2, -0.15) is 5.21 Å². The first kappa shape index (κ1) is 11.1. The summed E-state index contributed by atoms with van der Waals surface area (Å²) >= 11 is 0. The number of amides is 2. The van der Waals surface area contributed by atoms with Crippen molar-refractivity contribution < 1.29 is 9.59 Å². The van der Waals surface area contributed by atoms with Crippen molar-refractivity contribution >= 4 is 11.8 Å². The minimum Gasteiger partial charge on any atom is -0.347 e. The quantitative estimate of drug-likeness (QED) is 0.648. The molecule has 1 aromatic rings. The van der Waals surface area contributed by atoms with E-state index < -0.39 is 5.91 Å². The maximum absolute atomic E-state index is 11.5. The number of carbonyl (C=O) groups is 2. The molecule has 1 heterocycles. The van der Waals surface area contributed by atoms with Crippen molar-refractivity contribution in [3.63, 3.8) is 0 Å². The number of carbonyl (C=O) groups excluding carboxylic acids is 2. The van der Waals surface area contributed by atoms with Gasteiger partial charge in [-0.1, -0.05) is 0 Å². The second-order valence-corrected chi connectivity index (χ2v) is 3.18. The fourth-order valence-corrected chi connectivity index (χ4v) is 0.839. The molecule has 0 radical (unpaired) electrons. The summed E-state index contributed by atoms with van der Waals surface area (Å²) in [5, 5.41) is 12.5. The summed E-state index contributed by atoms with van der Waals surface area (Å²) in [6, 6.07) is 0. The molecule has 0 saturated carbocycles. The molecular formula is C7H12N6O2. The Bertz CT molecular complexity index is 346. The van der Waals surface area contributed by atoms with Crippen LogP contribution in [-0.2, 0) is 4.79 Å². The zero-order valence-electron chi connectivity index (χ0n) is 8.76. The average molecular weight is 212 g/mol. The molecule has 1 N–H and O–H groups in total. The second-order valence-electron chi connectivity index (χ2n) is 3.18. The first-order chi connectivity index (χ1) is 7.02. The van der Waals surface area contributed by atoms with Crippen molar-refractivity contribution in [1.82, 2.24) is 30.4 Å². The Balaban J connectivity index is 2.58. The van der Waals surface area contributed by atoms with Crippen LogP contribution >= 0.6 is 0 Å². The largest absolute Gasteiger partial charge is 0.347 e. The highest BCUT2D eigenvalue weighted by atomic mass is 16.2. The second kappa shape index (κ2) is 4.49. The monoisotopic (exact) mass is 212 g/mol. The summed E-state index contributed by atoms with van der Waals surface area (Å²) in [4.78, 5) is 25.5. The third-order valence-electron chi connectivity index (χ3n) is 1.75. The summed E-state index contributed by atoms with van der Waals surface area (Å²) in [6.45, 7) is -0.0135. The molecule has 0 atom stereocenters. The Morgan fingerprint density at radius 1 is 1.33 bits per heavy atom. The Morgan fingerprint density at radius 3 is 2.47 bits per heavy atom. The number of tetrazole rings is 1. The molecule has 8 heteroatoms. The number of aromatic amines is 1. The Labute approximate surface area is 86.2 Å². The van der Waals surface area contributed by atoms with Crippen molar-refractivity contribution in [2.24, 2.45) is 0 Å². The average Bonchev–Trinajstić information content (AvgIpc) is 2.68. The van der Waals surface area contributed by atoms with Crippen LogP contribution in [0, 0.1) is 0 Å². The minimum absolute atomic E-state index is 0.0135. The number of H-pyrrole nitrogens is 1. The van der Waals surface area contributed by atoms with Crippen molar-refractivity contribution in [3.05, 3.63) is 5.82 Å². The Morgan fingerprint density at radius 2 is 2.00 bits per heavy atom. The van der Waals surface area contributed by atoms with Crippen LogP contribution in [0.25, 0.3) is 0 Å². The van der Waals surface area contributed by atoms with Gasteiger partial charge in [0.2, 0.25) is 5.91 Å². The van der Waals surface area contributed by atoms with Crippen LogP contribution < -0.4 is 0 Å². The van der Waals surface area contributed by atoms with E-state index in [1.165, 1.54) is 16.8 Å². The number of hydrogen-bond donors (Lipinski definition) is 1. The molecule has 0 aliphatic heterocycles. The number of nitrogens with one attached hydrogen (secondary N) is 1. The van der Waals surface area contributed by atoms with E-state index in [0.717, 1.165) is 0 Å². The summed E-state index contributed by atoms with van der Waals surface area (Å²) in [7, 11) is 4.74. The van der Waals surface area contributed by atoms with Gasteiger partial charge in [0.1, 0.15) is 0 Å². The lowest BCUT2D eigenvalue weighted by molar-refractivity contribution is -0.129. The highest BCUT2D eigenvalue weighted by molar-refractivity contribution is 5.92. The lowest BCUT2D eigenvalue weighted by Crippen LogP contribution is -2.38. The lowest BCUT2D eigenvalue weighted by Gasteiger charge is -2.17. The van der Waals surface area contributed by atoms with E-state index in [2.05, 4.69) is 20.6 Å². The van der Waals surface area contributed by atoms with E-state index in [1.54, 1.807) is 14.1 Å². The van der Waals surface area contributed by atoms with E-state index in [1.807, 2.05) is 0 Å². The highest BCUT2D eigenvalue weighted by Crippen LogP contribution is 1.94. The molecule has 82 valence electrons. The molecule has 15 heavy (non-hydrogen) atoms. The maximum Gasteiger partial charge on any atom is 0.295 e. The number of rotatable bonds is 3. The number of nitrogens with zero attached hydrogens (tertiary/aromatic N) is 5. The molecule has 2 amide bonds. The zero-order chi connectivity index (χ0) is 11.4. The summed E-state index contributed by atoms with van der Waals surface area (Å²) in [5.41, 5.74) is 0. The van der Waals surface area contributed by atoms with Crippen molar-refractivity contribution in [2.45, 2.75) is 0 Å². The highest BCUT2D eigenvalue weighted by Gasteiger charge is 2.19. The third-order valence-corrected chi connectivity index (χ3v) is 1.75. The first-order valence-corrected chi connectivity index (χ1v) is 4.21. The molecule has 1 aromatic heterocycles. The fourth-order valence-electron chi connectivity index (χ4n) is 0.839. The third kappa shape index (κ3) is 2.73. The number of hydrogen-bond acceptors (Lipinski definition) is 5. The normalized spacial score (nSPS) is 9.80. The standard InChI is InChI=1S/C7H12N6O2/c1-12(2)5(14)4-13(3)7(15)6-8-10-11-9-6/h4H2,1-3H3,(H,8,9,10,11). The molecular weight excluding hydrogens is 200 g/mol. The molecule has 0 bridgehead atoms. The van der Waals surface area contributed by atoms with Gasteiger partial charge in [-0.25, -0.2) is 0 Å². The van der Waals surface area contributed by atoms with Gasteiger partial charge < -0.3 is 9.80 Å². The number of likely N-dealkylation sites (N-methyl/N-ethyl adjacent to an activating group) is 2. The van der Waals surface area contributed by atoms with Crippen LogP contribution in [-0.4, -0.2) is 69.9 Å². The summed E-state index contributed by atoms with van der Waals surface area (Å²) in [5.74, 6) is -0.669. The van der Waals surface area contributed by atoms with E-state index in [-0.39, 0.29) is 18.3 Å². The predicted molar refractivity (Wildman–Crippen MR) is 49.8 cm³/mol. The Kier molecular flexibility index (Phi) is 3.32. The number of aromatic nitrogens is 4. The molecule has 0 aliphatic carbocycles. The van der Waals surface area contributed by atoms with Gasteiger partial charge >= 0.3 is 0 Å². The molecule has 1 rings (SSSR count). The van der Waals surface area contributed by atoms with E-state index >= 15 is 0 Å². The molecule has 8 nitrogen and oxygen atoms in total. The summed E-state index contributed by atoms with van der Waals surface area (Å²) < 4.78 is 0. The van der Waals surface area contributed by atoms with Crippen LogP contribution in [0.5, 0.6) is 0 Å². The molecule has 0 fully saturated rings. The maximum atomic E-state index is 11.5. The van der Waals surface area contributed by atoms with Gasteiger partial charge in [0.05, 0.1) is 6.54 Å². The Hall–Kier alpha value is -1.99. The predicted octanol–water partition coefficient (Wildman–Crippen LogP) is -1.64. The van der Waals surface area contributed by atoms with Gasteiger partial charge in [-0.05, 0) is 5.21 Å². The van der Waals surface area contributed by atoms with Gasteiger partial charge in [0.25, 0.3) is 11.7 Å². The molecule has 0 spiro atoms. The first-order valence-electron chi connectivity index (χ1n) is 4.21. The summed E-state index contributed by atoms with van der Waals surface area (Å²) in [6.07, 6.45) is 0. The van der Waals surface area contributed by atoms with Crippen LogP contribution in [0.2, 0.25) is 0 Å². The smallest absolute Gasteiger partial charge is 0.295 e. The van der Waals surface area contributed by atoms with Crippen LogP contribution in [0.4, 0.5) is 0 Å². The van der Waals surface area contributed by atoms with E-state index in [0.29, 0.717) is 0 Å². The molecule has 0 aromatic carbocycles. The molecule has 0 saturated heterocycles. The fraction of sp³-hybridized carbons (Fsp3) is 0.571. The zero-order valence-corrected chi connectivity index (χ0v) is 8.76. The molecule has 0 unspecified atom stereocenters. The molecule has 0 aliphatic rings. The van der Waals surface area contributed by atoms with Gasteiger partial charge in [0.15, 0.2) is 0 Å². The van der Waals surface area contributed by atoms with Crippen molar-refractivity contribution in [3.8, 4) is 0 Å².